The summed E-state index contributed by atoms with van der Waals surface area (Å²) in [5, 5.41) is 6.07. The predicted octanol–water partition coefficient (Wildman–Crippen LogP) is -0.823. The van der Waals surface area contributed by atoms with Gasteiger partial charge in [0.1, 0.15) is 12.2 Å². The van der Waals surface area contributed by atoms with Crippen molar-refractivity contribution in [3.8, 4) is 0 Å². The number of rotatable bonds is 3. The van der Waals surface area contributed by atoms with Gasteiger partial charge in [0.05, 0.1) is 5.69 Å². The first-order chi connectivity index (χ1) is 5.25. The number of aromatic nitrogens is 2. The molecule has 0 bridgehead atoms. The monoisotopic (exact) mass is 153 g/mol. The number of carbonyl (C=O) groups excluding carboxylic acids is 2. The van der Waals surface area contributed by atoms with Gasteiger partial charge in [-0.25, -0.2) is 0 Å². The normalized spacial score (nSPS) is 12.4. The number of aldehydes is 1. The minimum absolute atomic E-state index is 0.424. The molecular formula is C6H7N3O2. The number of nitrogens with two attached hydrogens (primary N) is 1. The van der Waals surface area contributed by atoms with Crippen LogP contribution in [0.25, 0.3) is 0 Å². The van der Waals surface area contributed by atoms with Crippen molar-refractivity contribution in [2.45, 2.75) is 5.92 Å². The molecule has 0 fully saturated rings. The van der Waals surface area contributed by atoms with E-state index >= 15 is 0 Å². The van der Waals surface area contributed by atoms with Crippen molar-refractivity contribution in [1.29, 1.82) is 0 Å². The zero-order chi connectivity index (χ0) is 8.27. The zero-order valence-corrected chi connectivity index (χ0v) is 5.65. The average molecular weight is 153 g/mol. The molecule has 0 aromatic carbocycles. The molecule has 0 aliphatic heterocycles. The quantitative estimate of drug-likeness (QED) is 0.439. The summed E-state index contributed by atoms with van der Waals surface area (Å²) in [5.41, 5.74) is 5.34. The van der Waals surface area contributed by atoms with Crippen LogP contribution in [0.3, 0.4) is 0 Å². The molecule has 0 aliphatic rings. The van der Waals surface area contributed by atoms with Crippen LogP contribution >= 0.6 is 0 Å². The van der Waals surface area contributed by atoms with Crippen molar-refractivity contribution in [3.63, 3.8) is 0 Å². The van der Waals surface area contributed by atoms with Gasteiger partial charge < -0.3 is 10.5 Å². The van der Waals surface area contributed by atoms with Crippen LogP contribution < -0.4 is 5.73 Å². The Labute approximate surface area is 62.6 Å². The highest BCUT2D eigenvalue weighted by Gasteiger charge is 2.17. The van der Waals surface area contributed by atoms with Crippen LogP contribution in [0.15, 0.2) is 12.3 Å². The van der Waals surface area contributed by atoms with Crippen molar-refractivity contribution < 1.29 is 9.59 Å². The largest absolute Gasteiger partial charge is 0.369 e. The molecule has 1 aromatic rings. The lowest BCUT2D eigenvalue weighted by molar-refractivity contribution is -0.123. The Hall–Kier alpha value is -1.65. The number of aromatic amines is 1. The van der Waals surface area contributed by atoms with Gasteiger partial charge >= 0.3 is 0 Å². The second-order valence-corrected chi connectivity index (χ2v) is 2.03. The SMILES string of the molecule is NC(=O)C(C=O)c1ccn[nH]1. The Morgan fingerprint density at radius 2 is 2.55 bits per heavy atom. The van der Waals surface area contributed by atoms with Crippen LogP contribution in [-0.2, 0) is 9.59 Å². The van der Waals surface area contributed by atoms with E-state index in [9.17, 15) is 9.59 Å². The van der Waals surface area contributed by atoms with Gasteiger partial charge in [0, 0.05) is 6.20 Å². The summed E-state index contributed by atoms with van der Waals surface area (Å²) < 4.78 is 0. The predicted molar refractivity (Wildman–Crippen MR) is 36.6 cm³/mol. The third kappa shape index (κ3) is 1.43. The molecule has 11 heavy (non-hydrogen) atoms. The fourth-order valence-corrected chi connectivity index (χ4v) is 0.733. The molecule has 0 radical (unpaired) electrons. The standard InChI is InChI=1S/C6H7N3O2/c7-6(11)4(3-10)5-1-2-8-9-5/h1-4H,(H2,7,11)(H,8,9). The zero-order valence-electron chi connectivity index (χ0n) is 5.65. The number of hydrogen-bond acceptors (Lipinski definition) is 3. The fourth-order valence-electron chi connectivity index (χ4n) is 0.733. The lowest BCUT2D eigenvalue weighted by Gasteiger charge is -1.99. The number of amides is 1. The van der Waals surface area contributed by atoms with Crippen LogP contribution in [0.5, 0.6) is 0 Å². The second-order valence-electron chi connectivity index (χ2n) is 2.03. The molecule has 0 spiro atoms. The molecular weight excluding hydrogens is 146 g/mol. The molecule has 1 amide bonds. The Balaban J connectivity index is 2.88. The van der Waals surface area contributed by atoms with E-state index in [2.05, 4.69) is 10.2 Å². The van der Waals surface area contributed by atoms with E-state index in [-0.39, 0.29) is 0 Å². The van der Waals surface area contributed by atoms with Gasteiger partial charge in [-0.15, -0.1) is 0 Å². The van der Waals surface area contributed by atoms with E-state index in [4.69, 9.17) is 5.73 Å². The topological polar surface area (TPSA) is 88.8 Å². The number of hydrogen-bond donors (Lipinski definition) is 2. The molecule has 1 atom stereocenters. The summed E-state index contributed by atoms with van der Waals surface area (Å²) in [6.45, 7) is 0. The van der Waals surface area contributed by atoms with Crippen molar-refractivity contribution >= 4 is 12.2 Å². The molecule has 0 aliphatic carbocycles. The fraction of sp³-hybridized carbons (Fsp3) is 0.167. The van der Waals surface area contributed by atoms with Crippen molar-refractivity contribution in [2.24, 2.45) is 5.73 Å². The average Bonchev–Trinajstić information content (AvgIpc) is 2.40. The summed E-state index contributed by atoms with van der Waals surface area (Å²) in [6.07, 6.45) is 1.94. The van der Waals surface area contributed by atoms with Crippen LogP contribution in [-0.4, -0.2) is 22.4 Å². The third-order valence-corrected chi connectivity index (χ3v) is 1.30. The molecule has 5 nitrogen and oxygen atoms in total. The Kier molecular flexibility index (Phi) is 2.00. The van der Waals surface area contributed by atoms with Crippen LogP contribution in [0.2, 0.25) is 0 Å². The van der Waals surface area contributed by atoms with Gasteiger partial charge in [0.2, 0.25) is 5.91 Å². The maximum absolute atomic E-state index is 10.6. The summed E-state index contributed by atoms with van der Waals surface area (Å²) in [5.74, 6) is -1.58. The lowest BCUT2D eigenvalue weighted by Crippen LogP contribution is -2.22. The van der Waals surface area contributed by atoms with E-state index < -0.39 is 11.8 Å². The second kappa shape index (κ2) is 2.96. The van der Waals surface area contributed by atoms with E-state index in [1.807, 2.05) is 0 Å². The molecule has 58 valence electrons. The number of nitrogens with zero attached hydrogens (tertiary/aromatic N) is 1. The van der Waals surface area contributed by atoms with E-state index in [1.165, 1.54) is 12.3 Å². The number of carbonyl (C=O) groups is 2. The smallest absolute Gasteiger partial charge is 0.233 e. The Bertz CT molecular complexity index is 255. The first-order valence-electron chi connectivity index (χ1n) is 2.99. The van der Waals surface area contributed by atoms with Gasteiger partial charge in [-0.1, -0.05) is 0 Å². The van der Waals surface area contributed by atoms with Crippen molar-refractivity contribution in [3.05, 3.63) is 18.0 Å². The first-order valence-corrected chi connectivity index (χ1v) is 2.99. The number of H-pyrrole nitrogens is 1. The lowest BCUT2D eigenvalue weighted by atomic mass is 10.1. The number of nitrogens with one attached hydrogen (secondary N) is 1. The van der Waals surface area contributed by atoms with Gasteiger partial charge in [-0.05, 0) is 6.07 Å². The highest BCUT2D eigenvalue weighted by Crippen LogP contribution is 2.07. The van der Waals surface area contributed by atoms with E-state index in [0.717, 1.165) is 0 Å². The molecule has 0 saturated carbocycles. The minimum atomic E-state index is -0.905. The Morgan fingerprint density at radius 3 is 2.91 bits per heavy atom. The van der Waals surface area contributed by atoms with E-state index in [1.54, 1.807) is 0 Å². The minimum Gasteiger partial charge on any atom is -0.369 e. The molecule has 1 heterocycles. The molecule has 1 aromatic heterocycles. The van der Waals surface area contributed by atoms with Crippen LogP contribution in [0.4, 0.5) is 0 Å². The summed E-state index contributed by atoms with van der Waals surface area (Å²) in [4.78, 5) is 20.9. The molecule has 1 rings (SSSR count). The highest BCUT2D eigenvalue weighted by atomic mass is 16.2. The van der Waals surface area contributed by atoms with Crippen molar-refractivity contribution in [1.82, 2.24) is 10.2 Å². The van der Waals surface area contributed by atoms with Crippen LogP contribution in [0.1, 0.15) is 11.6 Å². The van der Waals surface area contributed by atoms with Gasteiger partial charge in [-0.2, -0.15) is 5.10 Å². The van der Waals surface area contributed by atoms with E-state index in [0.29, 0.717) is 12.0 Å². The summed E-state index contributed by atoms with van der Waals surface area (Å²) in [7, 11) is 0. The van der Waals surface area contributed by atoms with Gasteiger partial charge in [0.15, 0.2) is 0 Å². The molecule has 5 heteroatoms. The van der Waals surface area contributed by atoms with Gasteiger partial charge in [0.25, 0.3) is 0 Å². The maximum atomic E-state index is 10.6. The number of primary amides is 1. The highest BCUT2D eigenvalue weighted by molar-refractivity contribution is 5.95. The van der Waals surface area contributed by atoms with Gasteiger partial charge in [-0.3, -0.25) is 9.89 Å². The molecule has 3 N–H and O–H groups in total. The third-order valence-electron chi connectivity index (χ3n) is 1.30. The maximum Gasteiger partial charge on any atom is 0.233 e. The van der Waals surface area contributed by atoms with Crippen LogP contribution in [0, 0.1) is 0 Å². The first kappa shape index (κ1) is 7.46. The summed E-state index contributed by atoms with van der Waals surface area (Å²) >= 11 is 0. The molecule has 0 saturated heterocycles. The van der Waals surface area contributed by atoms with Crippen molar-refractivity contribution in [2.75, 3.05) is 0 Å². The summed E-state index contributed by atoms with van der Waals surface area (Å²) in [6, 6.07) is 1.53. The Morgan fingerprint density at radius 1 is 1.82 bits per heavy atom. The molecule has 1 unspecified atom stereocenters.